The Balaban J connectivity index is 2.64. The molecule has 2 nitrogen and oxygen atoms in total. The van der Waals surface area contributed by atoms with Crippen molar-refractivity contribution in [3.63, 3.8) is 0 Å². The van der Waals surface area contributed by atoms with Gasteiger partial charge in [-0.1, -0.05) is 37.3 Å². The minimum absolute atomic E-state index is 0.239. The number of nitrogens with zero attached hydrogens (tertiary/aromatic N) is 1. The summed E-state index contributed by atoms with van der Waals surface area (Å²) in [5.74, 6) is 0.873. The van der Waals surface area contributed by atoms with Crippen LogP contribution in [0.1, 0.15) is 45.1 Å². The number of hydrogen-bond acceptors (Lipinski definition) is 1. The molecule has 0 saturated carbocycles. The van der Waals surface area contributed by atoms with Crippen LogP contribution < -0.4 is 0 Å². The molecule has 0 spiro atoms. The number of carbonyl (C=O) groups excluding carboxylic acids is 1. The van der Waals surface area contributed by atoms with Gasteiger partial charge in [-0.15, -0.1) is 11.6 Å². The molecule has 0 aliphatic rings. The molecule has 1 rings (SSSR count). The van der Waals surface area contributed by atoms with Gasteiger partial charge in [-0.05, 0) is 31.7 Å². The molecule has 0 fully saturated rings. The number of unbranched alkanes of at least 4 members (excludes halogenated alkanes) is 1. The predicted octanol–water partition coefficient (Wildman–Crippen LogP) is 4.22. The molecule has 0 radical (unpaired) electrons. The Bertz CT molecular complexity index is 366. The summed E-state index contributed by atoms with van der Waals surface area (Å²) in [6, 6.07) is 10.5. The summed E-state index contributed by atoms with van der Waals surface area (Å²) in [5, 5.41) is 0. The first-order valence-electron chi connectivity index (χ1n) is 7.08. The van der Waals surface area contributed by atoms with Gasteiger partial charge in [0.15, 0.2) is 0 Å². The van der Waals surface area contributed by atoms with Crippen LogP contribution in [-0.4, -0.2) is 22.7 Å². The van der Waals surface area contributed by atoms with Crippen LogP contribution in [0.5, 0.6) is 0 Å². The third-order valence-electron chi connectivity index (χ3n) is 3.41. The van der Waals surface area contributed by atoms with Gasteiger partial charge in [-0.3, -0.25) is 4.79 Å². The van der Waals surface area contributed by atoms with E-state index in [2.05, 4.69) is 26.0 Å². The summed E-state index contributed by atoms with van der Waals surface area (Å²) in [6.45, 7) is 4.94. The fourth-order valence-corrected chi connectivity index (χ4v) is 2.19. The molecule has 19 heavy (non-hydrogen) atoms. The molecule has 0 bridgehead atoms. The summed E-state index contributed by atoms with van der Waals surface area (Å²) >= 11 is 5.66. The zero-order chi connectivity index (χ0) is 14.1. The van der Waals surface area contributed by atoms with E-state index in [4.69, 9.17) is 11.6 Å². The Kier molecular flexibility index (Phi) is 7.57. The highest BCUT2D eigenvalue weighted by atomic mass is 35.5. The van der Waals surface area contributed by atoms with Gasteiger partial charge >= 0.3 is 0 Å². The first-order chi connectivity index (χ1) is 9.19. The van der Waals surface area contributed by atoms with Crippen LogP contribution in [0.15, 0.2) is 30.3 Å². The second-order valence-corrected chi connectivity index (χ2v) is 5.29. The lowest BCUT2D eigenvalue weighted by molar-refractivity contribution is -0.134. The van der Waals surface area contributed by atoms with Crippen molar-refractivity contribution in [1.82, 2.24) is 4.90 Å². The highest BCUT2D eigenvalue weighted by molar-refractivity contribution is 6.17. The average molecular weight is 282 g/mol. The van der Waals surface area contributed by atoms with Crippen molar-refractivity contribution in [1.29, 1.82) is 0 Å². The van der Waals surface area contributed by atoms with Crippen molar-refractivity contribution < 1.29 is 4.79 Å². The normalized spacial score (nSPS) is 12.2. The summed E-state index contributed by atoms with van der Waals surface area (Å²) in [4.78, 5) is 14.3. The number of benzene rings is 1. The molecule has 0 aromatic heterocycles. The second kappa shape index (κ2) is 8.98. The Morgan fingerprint density at radius 3 is 2.53 bits per heavy atom. The van der Waals surface area contributed by atoms with E-state index in [-0.39, 0.29) is 11.9 Å². The van der Waals surface area contributed by atoms with Crippen LogP contribution in [0.4, 0.5) is 0 Å². The van der Waals surface area contributed by atoms with Crippen molar-refractivity contribution in [2.45, 2.75) is 52.1 Å². The zero-order valence-corrected chi connectivity index (χ0v) is 12.7. The molecular formula is C16H24ClNO. The maximum absolute atomic E-state index is 12.3. The van der Waals surface area contributed by atoms with E-state index in [1.54, 1.807) is 0 Å². The standard InChI is InChI=1S/C16H24ClNO/c1-3-14(2)18(16(19)11-7-8-12-17)13-15-9-5-4-6-10-15/h4-6,9-10,14H,3,7-8,11-13H2,1-2H3. The highest BCUT2D eigenvalue weighted by Crippen LogP contribution is 2.13. The number of carbonyl (C=O) groups is 1. The van der Waals surface area contributed by atoms with Crippen LogP contribution in [0.25, 0.3) is 0 Å². The molecule has 1 unspecified atom stereocenters. The van der Waals surface area contributed by atoms with Gasteiger partial charge in [0.25, 0.3) is 0 Å². The first kappa shape index (κ1) is 16.0. The number of hydrogen-bond donors (Lipinski definition) is 0. The van der Waals surface area contributed by atoms with Crippen molar-refractivity contribution in [3.8, 4) is 0 Å². The molecule has 3 heteroatoms. The molecule has 1 aromatic rings. The second-order valence-electron chi connectivity index (χ2n) is 4.91. The lowest BCUT2D eigenvalue weighted by Crippen LogP contribution is -2.37. The molecular weight excluding hydrogens is 258 g/mol. The molecule has 0 aliphatic carbocycles. The zero-order valence-electron chi connectivity index (χ0n) is 11.9. The maximum Gasteiger partial charge on any atom is 0.223 e. The third kappa shape index (κ3) is 5.65. The number of alkyl halides is 1. The van der Waals surface area contributed by atoms with E-state index in [1.807, 2.05) is 23.1 Å². The fraction of sp³-hybridized carbons (Fsp3) is 0.562. The number of halogens is 1. The van der Waals surface area contributed by atoms with Gasteiger partial charge in [0.05, 0.1) is 0 Å². The van der Waals surface area contributed by atoms with E-state index in [0.717, 1.165) is 19.3 Å². The number of amides is 1. The van der Waals surface area contributed by atoms with Crippen molar-refractivity contribution >= 4 is 17.5 Å². The predicted molar refractivity (Wildman–Crippen MR) is 81.3 cm³/mol. The van der Waals surface area contributed by atoms with Crippen LogP contribution in [0, 0.1) is 0 Å². The van der Waals surface area contributed by atoms with E-state index < -0.39 is 0 Å². The quantitative estimate of drug-likeness (QED) is 0.516. The first-order valence-corrected chi connectivity index (χ1v) is 7.61. The summed E-state index contributed by atoms with van der Waals surface area (Å²) in [7, 11) is 0. The molecule has 0 N–H and O–H groups in total. The lowest BCUT2D eigenvalue weighted by Gasteiger charge is -2.29. The van der Waals surface area contributed by atoms with Gasteiger partial charge < -0.3 is 4.90 Å². The van der Waals surface area contributed by atoms with Crippen LogP contribution in [-0.2, 0) is 11.3 Å². The van der Waals surface area contributed by atoms with E-state index in [9.17, 15) is 4.79 Å². The van der Waals surface area contributed by atoms with E-state index >= 15 is 0 Å². The Morgan fingerprint density at radius 2 is 1.95 bits per heavy atom. The third-order valence-corrected chi connectivity index (χ3v) is 3.68. The lowest BCUT2D eigenvalue weighted by atomic mass is 10.1. The van der Waals surface area contributed by atoms with Crippen LogP contribution in [0.2, 0.25) is 0 Å². The van der Waals surface area contributed by atoms with E-state index in [0.29, 0.717) is 18.8 Å². The molecule has 0 saturated heterocycles. The fourth-order valence-electron chi connectivity index (χ4n) is 2.00. The Hall–Kier alpha value is -1.02. The topological polar surface area (TPSA) is 20.3 Å². The molecule has 0 aliphatic heterocycles. The SMILES string of the molecule is CCC(C)N(Cc1ccccc1)C(=O)CCCCCl. The number of rotatable bonds is 8. The smallest absolute Gasteiger partial charge is 0.223 e. The van der Waals surface area contributed by atoms with Crippen LogP contribution in [0.3, 0.4) is 0 Å². The Labute approximate surface area is 121 Å². The van der Waals surface area contributed by atoms with Crippen molar-refractivity contribution in [2.75, 3.05) is 5.88 Å². The molecule has 1 amide bonds. The van der Waals surface area contributed by atoms with Crippen molar-refractivity contribution in [2.24, 2.45) is 0 Å². The summed E-state index contributed by atoms with van der Waals surface area (Å²) < 4.78 is 0. The Morgan fingerprint density at radius 1 is 1.26 bits per heavy atom. The van der Waals surface area contributed by atoms with E-state index in [1.165, 1.54) is 5.56 Å². The van der Waals surface area contributed by atoms with Gasteiger partial charge in [0.2, 0.25) is 5.91 Å². The minimum atomic E-state index is 0.239. The van der Waals surface area contributed by atoms with Gasteiger partial charge in [-0.25, -0.2) is 0 Å². The highest BCUT2D eigenvalue weighted by Gasteiger charge is 2.18. The van der Waals surface area contributed by atoms with Gasteiger partial charge in [0, 0.05) is 24.9 Å². The minimum Gasteiger partial charge on any atom is -0.336 e. The van der Waals surface area contributed by atoms with Crippen LogP contribution >= 0.6 is 11.6 Å². The van der Waals surface area contributed by atoms with Crippen molar-refractivity contribution in [3.05, 3.63) is 35.9 Å². The molecule has 106 valence electrons. The largest absolute Gasteiger partial charge is 0.336 e. The summed E-state index contributed by atoms with van der Waals surface area (Å²) in [6.07, 6.45) is 3.37. The van der Waals surface area contributed by atoms with Gasteiger partial charge in [0.1, 0.15) is 0 Å². The molecule has 1 aromatic carbocycles. The monoisotopic (exact) mass is 281 g/mol. The van der Waals surface area contributed by atoms with Gasteiger partial charge in [-0.2, -0.15) is 0 Å². The molecule has 0 heterocycles. The average Bonchev–Trinajstić information content (AvgIpc) is 2.45. The summed E-state index contributed by atoms with van der Waals surface area (Å²) in [5.41, 5.74) is 1.19. The maximum atomic E-state index is 12.3. The molecule has 1 atom stereocenters.